The Kier molecular flexibility index (Phi) is 29.5. The SMILES string of the molecule is O=S([O-])[O-].[Eu].[Sr+2]. The third kappa shape index (κ3) is 27.3. The predicted molar refractivity (Wildman–Crippen MR) is 15.5 cm³/mol. The van der Waals surface area contributed by atoms with Gasteiger partial charge in [0.1, 0.15) is 0 Å². The summed E-state index contributed by atoms with van der Waals surface area (Å²) in [6.45, 7) is 0. The maximum atomic E-state index is 8.44. The largest absolute Gasteiger partial charge is 2.00 e. The van der Waals surface area contributed by atoms with E-state index < -0.39 is 11.4 Å². The van der Waals surface area contributed by atoms with Crippen molar-refractivity contribution in [2.24, 2.45) is 0 Å². The summed E-state index contributed by atoms with van der Waals surface area (Å²) < 4.78 is 25.3. The van der Waals surface area contributed by atoms with Crippen LogP contribution in [0.25, 0.3) is 0 Å². The Morgan fingerprint density at radius 2 is 1.33 bits per heavy atom. The molecule has 0 saturated carbocycles. The van der Waals surface area contributed by atoms with Crippen LogP contribution in [0.1, 0.15) is 0 Å². The molecule has 0 fully saturated rings. The van der Waals surface area contributed by atoms with Gasteiger partial charge in [-0.3, -0.25) is 4.21 Å². The van der Waals surface area contributed by atoms with Gasteiger partial charge in [0, 0.05) is 49.4 Å². The summed E-state index contributed by atoms with van der Waals surface area (Å²) in [5, 5.41) is 0. The molecule has 0 aromatic heterocycles. The Morgan fingerprint density at radius 1 is 1.33 bits per heavy atom. The van der Waals surface area contributed by atoms with Crippen LogP contribution in [-0.2, 0) is 11.4 Å². The van der Waals surface area contributed by atoms with Gasteiger partial charge in [0.15, 0.2) is 0 Å². The molecule has 0 amide bonds. The van der Waals surface area contributed by atoms with Crippen molar-refractivity contribution in [2.45, 2.75) is 0 Å². The van der Waals surface area contributed by atoms with E-state index >= 15 is 0 Å². The average molecular weight is 320 g/mol. The summed E-state index contributed by atoms with van der Waals surface area (Å²) >= 11 is -3.11. The Hall–Kier alpha value is 3.13. The van der Waals surface area contributed by atoms with Crippen LogP contribution in [0.3, 0.4) is 0 Å². The molecule has 0 aliphatic heterocycles. The molecule has 0 saturated heterocycles. The second-order valence-corrected chi connectivity index (χ2v) is 0.612. The van der Waals surface area contributed by atoms with Crippen LogP contribution in [0.5, 0.6) is 0 Å². The summed E-state index contributed by atoms with van der Waals surface area (Å²) in [6.07, 6.45) is 0. The first-order valence-electron chi connectivity index (χ1n) is 0.500. The van der Waals surface area contributed by atoms with Crippen molar-refractivity contribution in [1.82, 2.24) is 0 Å². The van der Waals surface area contributed by atoms with Crippen LogP contribution >= 0.6 is 0 Å². The molecule has 0 aliphatic carbocycles. The molecule has 0 unspecified atom stereocenters. The molecule has 33 valence electrons. The minimum Gasteiger partial charge on any atom is -0.784 e. The number of hydrogen-bond donors (Lipinski definition) is 0. The quantitative estimate of drug-likeness (QED) is 0.408. The molecule has 0 heterocycles. The molecule has 3 nitrogen and oxygen atoms in total. The fourth-order valence-electron chi connectivity index (χ4n) is 0. The zero-order valence-corrected chi connectivity index (χ0v) is 9.44. The molecule has 0 aromatic carbocycles. The summed E-state index contributed by atoms with van der Waals surface area (Å²) in [5.41, 5.74) is 0. The van der Waals surface area contributed by atoms with Crippen LogP contribution < -0.4 is 0 Å². The maximum Gasteiger partial charge on any atom is 2.00 e. The summed E-state index contributed by atoms with van der Waals surface area (Å²) in [6, 6.07) is 0. The molecular weight excluding hydrogens is 320 g/mol. The molecule has 0 aliphatic rings. The van der Waals surface area contributed by atoms with E-state index in [1.165, 1.54) is 0 Å². The Bertz CT molecular complexity index is 33.8. The van der Waals surface area contributed by atoms with Gasteiger partial charge in [-0.15, -0.1) is 11.4 Å². The molecule has 0 spiro atoms. The normalized spacial score (nSPS) is 5.83. The average Bonchev–Trinajstić information content (AvgIpc) is 0.811. The first-order chi connectivity index (χ1) is 1.73. The van der Waals surface area contributed by atoms with Crippen molar-refractivity contribution in [3.05, 3.63) is 0 Å². The minimum atomic E-state index is -3.11. The minimum absolute atomic E-state index is 0. The summed E-state index contributed by atoms with van der Waals surface area (Å²) in [7, 11) is 0. The smallest absolute Gasteiger partial charge is 0.784 e. The van der Waals surface area contributed by atoms with E-state index in [2.05, 4.69) is 0 Å². The Morgan fingerprint density at radius 3 is 1.33 bits per heavy atom. The third-order valence-electron chi connectivity index (χ3n) is 0. The van der Waals surface area contributed by atoms with Crippen molar-refractivity contribution in [3.63, 3.8) is 0 Å². The van der Waals surface area contributed by atoms with Crippen molar-refractivity contribution in [1.29, 1.82) is 0 Å². The van der Waals surface area contributed by atoms with E-state index in [1.54, 1.807) is 0 Å². The molecule has 1 radical (unpaired) electrons. The fourth-order valence-corrected chi connectivity index (χ4v) is 0. The van der Waals surface area contributed by atoms with E-state index in [-0.39, 0.29) is 94.9 Å². The monoisotopic (exact) mass is 321 g/mol. The molecule has 6 heavy (non-hydrogen) atoms. The van der Waals surface area contributed by atoms with E-state index in [0.29, 0.717) is 0 Å². The van der Waals surface area contributed by atoms with Gasteiger partial charge in [-0.25, -0.2) is 0 Å². The van der Waals surface area contributed by atoms with Gasteiger partial charge >= 0.3 is 45.5 Å². The van der Waals surface area contributed by atoms with Crippen molar-refractivity contribution in [2.75, 3.05) is 0 Å². The second kappa shape index (κ2) is 11.0. The van der Waals surface area contributed by atoms with Gasteiger partial charge in [-0.05, 0) is 0 Å². The first-order valence-corrected chi connectivity index (χ1v) is 1.50. The maximum absolute atomic E-state index is 8.44. The molecule has 0 rings (SSSR count). The van der Waals surface area contributed by atoms with Gasteiger partial charge in [-0.2, -0.15) is 0 Å². The third-order valence-corrected chi connectivity index (χ3v) is 0. The number of rotatable bonds is 0. The van der Waals surface area contributed by atoms with Crippen LogP contribution in [0, 0.1) is 49.4 Å². The molecule has 0 aromatic rings. The van der Waals surface area contributed by atoms with Crippen molar-refractivity contribution >= 4 is 56.8 Å². The Labute approximate surface area is 116 Å². The van der Waals surface area contributed by atoms with Gasteiger partial charge in [-0.1, -0.05) is 0 Å². The zero-order valence-electron chi connectivity index (χ0n) is 2.72. The zero-order chi connectivity index (χ0) is 3.58. The summed E-state index contributed by atoms with van der Waals surface area (Å²) in [4.78, 5) is 0. The van der Waals surface area contributed by atoms with E-state index in [0.717, 1.165) is 0 Å². The summed E-state index contributed by atoms with van der Waals surface area (Å²) in [5.74, 6) is 0. The van der Waals surface area contributed by atoms with Crippen molar-refractivity contribution < 1.29 is 62.7 Å². The predicted octanol–water partition coefficient (Wildman–Crippen LogP) is -1.38. The van der Waals surface area contributed by atoms with Crippen LogP contribution in [0.4, 0.5) is 0 Å². The van der Waals surface area contributed by atoms with E-state index in [4.69, 9.17) is 13.3 Å². The van der Waals surface area contributed by atoms with Gasteiger partial charge < -0.3 is 9.11 Å². The van der Waals surface area contributed by atoms with Crippen LogP contribution in [0.15, 0.2) is 0 Å². The second-order valence-electron chi connectivity index (χ2n) is 0.204. The fraction of sp³-hybridized carbons (Fsp3) is 0. The molecule has 0 atom stereocenters. The van der Waals surface area contributed by atoms with Crippen LogP contribution in [0.2, 0.25) is 0 Å². The van der Waals surface area contributed by atoms with Gasteiger partial charge in [0.2, 0.25) is 0 Å². The molecule has 0 bridgehead atoms. The number of hydrogen-bond acceptors (Lipinski definition) is 3. The van der Waals surface area contributed by atoms with E-state index in [1.807, 2.05) is 0 Å². The van der Waals surface area contributed by atoms with Gasteiger partial charge in [0.25, 0.3) is 0 Å². The van der Waals surface area contributed by atoms with Crippen LogP contribution in [-0.4, -0.2) is 58.8 Å². The van der Waals surface area contributed by atoms with Gasteiger partial charge in [0.05, 0.1) is 0 Å². The molecule has 6 heteroatoms. The Balaban J connectivity index is -0.0000000450. The standard InChI is InChI=1S/Eu.H2O3S.Sr/c;1-4(2)3;/h;(H2,1,2,3);/q;;+2/p-2. The first kappa shape index (κ1) is 16.1. The topological polar surface area (TPSA) is 63.2 Å². The molecule has 0 N–H and O–H groups in total. The van der Waals surface area contributed by atoms with Crippen molar-refractivity contribution in [3.8, 4) is 0 Å². The van der Waals surface area contributed by atoms with E-state index in [9.17, 15) is 0 Å². The molecular formula is EuO3SSr.